The molecular weight excluding hydrogens is 557 g/mol. The van der Waals surface area contributed by atoms with Gasteiger partial charge in [-0.15, -0.1) is 0 Å². The van der Waals surface area contributed by atoms with Crippen LogP contribution in [-0.4, -0.2) is 40.5 Å². The number of aromatic nitrogens is 3. The van der Waals surface area contributed by atoms with Crippen molar-refractivity contribution in [1.29, 1.82) is 0 Å². The maximum atomic E-state index is 15.4. The highest BCUT2D eigenvalue weighted by atomic mass is 32.2. The summed E-state index contributed by atoms with van der Waals surface area (Å²) in [4.78, 5) is 25.9. The topological polar surface area (TPSA) is 91.8 Å². The van der Waals surface area contributed by atoms with E-state index in [4.69, 9.17) is 0 Å². The van der Waals surface area contributed by atoms with Crippen LogP contribution in [0.15, 0.2) is 64.1 Å². The van der Waals surface area contributed by atoms with Crippen molar-refractivity contribution in [1.82, 2.24) is 25.6 Å². The smallest absolute Gasteiger partial charge is 0.272 e. The highest BCUT2D eigenvalue weighted by Gasteiger charge is 2.34. The first-order valence-electron chi connectivity index (χ1n) is 12.7. The molecule has 40 heavy (non-hydrogen) atoms. The molecule has 4 aromatic rings. The molecule has 1 fully saturated rings. The molecule has 0 atom stereocenters. The van der Waals surface area contributed by atoms with Crippen molar-refractivity contribution < 1.29 is 18.0 Å². The number of hydrogen-bond acceptors (Lipinski definition) is 8. The van der Waals surface area contributed by atoms with Crippen LogP contribution in [0.4, 0.5) is 24.1 Å². The summed E-state index contributed by atoms with van der Waals surface area (Å²) >= 11 is 2.49. The number of aryl methyl sites for hydroxylation is 1. The Morgan fingerprint density at radius 3 is 2.65 bits per heavy atom. The summed E-state index contributed by atoms with van der Waals surface area (Å²) in [7, 11) is 0. The van der Waals surface area contributed by atoms with Crippen LogP contribution in [-0.2, 0) is 6.42 Å². The Morgan fingerprint density at radius 2 is 1.88 bits per heavy atom. The van der Waals surface area contributed by atoms with E-state index in [1.54, 1.807) is 12.4 Å². The zero-order valence-electron chi connectivity index (χ0n) is 21.6. The summed E-state index contributed by atoms with van der Waals surface area (Å²) in [6.07, 6.45) is 6.40. The third-order valence-electron chi connectivity index (χ3n) is 6.78. The zero-order valence-corrected chi connectivity index (χ0v) is 23.3. The Hall–Kier alpha value is -3.48. The van der Waals surface area contributed by atoms with Gasteiger partial charge in [-0.3, -0.25) is 4.79 Å². The fraction of sp³-hybridized carbons (Fsp3) is 0.286. The minimum atomic E-state index is -0.725. The first-order valence-corrected chi connectivity index (χ1v) is 14.3. The number of amides is 1. The predicted molar refractivity (Wildman–Crippen MR) is 150 cm³/mol. The Labute approximate surface area is 238 Å². The van der Waals surface area contributed by atoms with Gasteiger partial charge in [-0.25, -0.2) is 28.1 Å². The molecule has 0 spiro atoms. The van der Waals surface area contributed by atoms with Gasteiger partial charge in [0.15, 0.2) is 16.6 Å². The molecule has 1 aromatic carbocycles. The summed E-state index contributed by atoms with van der Waals surface area (Å²) in [5, 5.41) is 9.84. The minimum Gasteiger partial charge on any atom is -0.350 e. The lowest BCUT2D eigenvalue weighted by Gasteiger charge is -2.38. The first-order chi connectivity index (χ1) is 19.3. The number of rotatable bonds is 9. The second-order valence-corrected chi connectivity index (χ2v) is 12.1. The van der Waals surface area contributed by atoms with Crippen molar-refractivity contribution in [3.63, 3.8) is 0 Å². The van der Waals surface area contributed by atoms with E-state index in [2.05, 4.69) is 30.9 Å². The molecule has 0 saturated carbocycles. The van der Waals surface area contributed by atoms with Gasteiger partial charge in [0.25, 0.3) is 5.91 Å². The van der Waals surface area contributed by atoms with Crippen LogP contribution < -0.4 is 16.0 Å². The number of nitrogens with zero attached hydrogens (tertiary/aromatic N) is 3. The summed E-state index contributed by atoms with van der Waals surface area (Å²) in [6.45, 7) is 3.57. The SMILES string of the molecule is Cc1ccnc(Nc2ncc(Sc3ccnc(C(=O)NCC4(Cc5ccc(F)cc5F)CCNCC4)c3F)s2)c1. The van der Waals surface area contributed by atoms with Gasteiger partial charge in [0, 0.05) is 25.0 Å². The molecule has 3 N–H and O–H groups in total. The molecule has 12 heteroatoms. The number of carbonyl (C=O) groups is 1. The number of benzene rings is 1. The third-order valence-corrected chi connectivity index (χ3v) is 8.83. The summed E-state index contributed by atoms with van der Waals surface area (Å²) in [6, 6.07) is 8.84. The van der Waals surface area contributed by atoms with Crippen LogP contribution in [0.3, 0.4) is 0 Å². The highest BCUT2D eigenvalue weighted by molar-refractivity contribution is 8.01. The van der Waals surface area contributed by atoms with Gasteiger partial charge in [0.2, 0.25) is 0 Å². The lowest BCUT2D eigenvalue weighted by Crippen LogP contribution is -2.46. The van der Waals surface area contributed by atoms with Gasteiger partial charge in [-0.05, 0) is 80.1 Å². The van der Waals surface area contributed by atoms with E-state index in [0.717, 1.165) is 27.6 Å². The van der Waals surface area contributed by atoms with Crippen molar-refractivity contribution in [2.24, 2.45) is 5.41 Å². The predicted octanol–water partition coefficient (Wildman–Crippen LogP) is 5.90. The fourth-order valence-electron chi connectivity index (χ4n) is 4.64. The molecule has 1 saturated heterocycles. The molecule has 0 unspecified atom stereocenters. The monoisotopic (exact) mass is 584 g/mol. The number of piperidine rings is 1. The van der Waals surface area contributed by atoms with Crippen molar-refractivity contribution in [3.05, 3.63) is 89.3 Å². The Morgan fingerprint density at radius 1 is 1.07 bits per heavy atom. The van der Waals surface area contributed by atoms with Crippen LogP contribution in [0.25, 0.3) is 0 Å². The average Bonchev–Trinajstić information content (AvgIpc) is 3.37. The summed E-state index contributed by atoms with van der Waals surface area (Å²) < 4.78 is 44.0. The van der Waals surface area contributed by atoms with E-state index in [-0.39, 0.29) is 17.1 Å². The average molecular weight is 585 g/mol. The molecule has 7 nitrogen and oxygen atoms in total. The number of carbonyl (C=O) groups excluding carboxylic acids is 1. The normalized spacial score (nSPS) is 14.6. The molecule has 0 bridgehead atoms. The Balaban J connectivity index is 1.26. The van der Waals surface area contributed by atoms with Crippen LogP contribution in [0.2, 0.25) is 0 Å². The van der Waals surface area contributed by atoms with Crippen molar-refractivity contribution in [3.8, 4) is 0 Å². The molecule has 4 heterocycles. The molecular formula is C28H27F3N6OS2. The molecule has 1 aliphatic heterocycles. The van der Waals surface area contributed by atoms with Crippen molar-refractivity contribution in [2.75, 3.05) is 25.0 Å². The van der Waals surface area contributed by atoms with E-state index in [0.29, 0.717) is 48.9 Å². The molecule has 1 aliphatic rings. The number of pyridine rings is 2. The van der Waals surface area contributed by atoms with E-state index >= 15 is 4.39 Å². The number of hydrogen-bond donors (Lipinski definition) is 3. The quantitative estimate of drug-likeness (QED) is 0.226. The van der Waals surface area contributed by atoms with E-state index < -0.39 is 28.8 Å². The van der Waals surface area contributed by atoms with E-state index in [9.17, 15) is 13.6 Å². The van der Waals surface area contributed by atoms with Crippen molar-refractivity contribution >= 4 is 40.0 Å². The maximum absolute atomic E-state index is 15.4. The molecule has 1 amide bonds. The van der Waals surface area contributed by atoms with Crippen molar-refractivity contribution in [2.45, 2.75) is 35.3 Å². The van der Waals surface area contributed by atoms with Gasteiger partial charge in [0.1, 0.15) is 17.5 Å². The van der Waals surface area contributed by atoms with E-state index in [1.807, 2.05) is 19.1 Å². The molecule has 208 valence electrons. The third kappa shape index (κ3) is 6.80. The molecule has 0 aliphatic carbocycles. The second-order valence-electron chi connectivity index (χ2n) is 9.75. The van der Waals surface area contributed by atoms with Gasteiger partial charge in [-0.1, -0.05) is 29.2 Å². The Bertz CT molecular complexity index is 1510. The van der Waals surface area contributed by atoms with Gasteiger partial charge >= 0.3 is 0 Å². The molecule has 5 rings (SSSR count). The Kier molecular flexibility index (Phi) is 8.67. The standard InChI is InChI=1S/C28H27F3N6OS2/c1-17-4-8-33-22(12-17)37-27-35-15-23(40-27)39-21-5-9-34-25(24(21)31)26(38)36-16-28(6-10-32-11-7-28)14-18-2-3-19(29)13-20(18)30/h2-5,8-9,12-13,15,32H,6-7,10-11,14,16H2,1H3,(H,36,38)(H,33,35,37). The minimum absolute atomic E-state index is 0.208. The summed E-state index contributed by atoms with van der Waals surface area (Å²) in [5.41, 5.74) is 0.674. The number of anilines is 2. The maximum Gasteiger partial charge on any atom is 0.272 e. The lowest BCUT2D eigenvalue weighted by molar-refractivity contribution is 0.0902. The lowest BCUT2D eigenvalue weighted by atomic mass is 9.74. The van der Waals surface area contributed by atoms with Gasteiger partial charge in [0.05, 0.1) is 15.3 Å². The second kappa shape index (κ2) is 12.4. The fourth-order valence-corrected chi connectivity index (χ4v) is 6.51. The number of thiazole rings is 1. The van der Waals surface area contributed by atoms with Crippen LogP contribution >= 0.6 is 23.1 Å². The van der Waals surface area contributed by atoms with Gasteiger partial charge in [-0.2, -0.15) is 0 Å². The first kappa shape index (κ1) is 28.1. The number of nitrogens with one attached hydrogen (secondary N) is 3. The summed E-state index contributed by atoms with van der Waals surface area (Å²) in [5.74, 6) is -1.96. The number of halogens is 3. The highest BCUT2D eigenvalue weighted by Crippen LogP contribution is 2.37. The van der Waals surface area contributed by atoms with Crippen LogP contribution in [0.1, 0.15) is 34.5 Å². The van der Waals surface area contributed by atoms with Crippen LogP contribution in [0.5, 0.6) is 0 Å². The van der Waals surface area contributed by atoms with Crippen LogP contribution in [0, 0.1) is 29.8 Å². The molecule has 0 radical (unpaired) electrons. The molecule has 3 aromatic heterocycles. The van der Waals surface area contributed by atoms with E-state index in [1.165, 1.54) is 35.7 Å². The largest absolute Gasteiger partial charge is 0.350 e. The van der Waals surface area contributed by atoms with Gasteiger partial charge < -0.3 is 16.0 Å². The zero-order chi connectivity index (χ0) is 28.1.